The van der Waals surface area contributed by atoms with Crippen LogP contribution in [0.15, 0.2) is 52.6 Å². The van der Waals surface area contributed by atoms with Gasteiger partial charge in [-0.2, -0.15) is 0 Å². The SMILES string of the molecule is O=Cc1c[nH]c2cccc(Sc3ccc(I)cn3)c12. The molecule has 0 aliphatic carbocycles. The first-order valence-corrected chi connectivity index (χ1v) is 7.52. The Hall–Kier alpha value is -1.34. The first-order valence-electron chi connectivity index (χ1n) is 5.62. The number of carbonyl (C=O) groups is 1. The summed E-state index contributed by atoms with van der Waals surface area (Å²) in [5, 5.41) is 1.88. The lowest BCUT2D eigenvalue weighted by molar-refractivity contribution is 0.112. The molecule has 3 rings (SSSR count). The molecule has 0 spiro atoms. The number of aldehydes is 1. The van der Waals surface area contributed by atoms with Gasteiger partial charge in [0.2, 0.25) is 0 Å². The summed E-state index contributed by atoms with van der Waals surface area (Å²) in [6.07, 6.45) is 4.45. The smallest absolute Gasteiger partial charge is 0.152 e. The molecule has 0 fully saturated rings. The van der Waals surface area contributed by atoms with E-state index in [1.165, 1.54) is 0 Å². The lowest BCUT2D eigenvalue weighted by Crippen LogP contribution is -1.83. The molecule has 0 saturated heterocycles. The monoisotopic (exact) mass is 380 g/mol. The molecule has 2 heterocycles. The topological polar surface area (TPSA) is 45.8 Å². The first-order chi connectivity index (χ1) is 9.28. The number of aromatic nitrogens is 2. The van der Waals surface area contributed by atoms with Crippen LogP contribution in [-0.4, -0.2) is 16.3 Å². The zero-order chi connectivity index (χ0) is 13.2. The van der Waals surface area contributed by atoms with Crippen molar-refractivity contribution in [1.29, 1.82) is 0 Å². The van der Waals surface area contributed by atoms with Crippen LogP contribution < -0.4 is 0 Å². The Morgan fingerprint density at radius 1 is 1.26 bits per heavy atom. The maximum absolute atomic E-state index is 11.1. The quantitative estimate of drug-likeness (QED) is 0.549. The van der Waals surface area contributed by atoms with Crippen molar-refractivity contribution in [3.05, 3.63) is 51.9 Å². The van der Waals surface area contributed by atoms with Gasteiger partial charge in [-0.3, -0.25) is 4.79 Å². The Bertz CT molecular complexity index is 737. The molecule has 3 aromatic rings. The second-order valence-electron chi connectivity index (χ2n) is 3.96. The van der Waals surface area contributed by atoms with E-state index in [1.807, 2.05) is 36.5 Å². The van der Waals surface area contributed by atoms with Gasteiger partial charge in [-0.25, -0.2) is 4.98 Å². The lowest BCUT2D eigenvalue weighted by atomic mass is 10.2. The number of benzene rings is 1. The maximum atomic E-state index is 11.1. The standard InChI is InChI=1S/C14H9IN2OS/c15-10-4-5-13(17-7-10)19-12-3-1-2-11-14(12)9(8-18)6-16-11/h1-8,16H. The number of hydrogen-bond acceptors (Lipinski definition) is 3. The summed E-state index contributed by atoms with van der Waals surface area (Å²) in [6, 6.07) is 9.95. The van der Waals surface area contributed by atoms with Gasteiger partial charge >= 0.3 is 0 Å². The number of nitrogens with zero attached hydrogens (tertiary/aromatic N) is 1. The Morgan fingerprint density at radius 3 is 2.89 bits per heavy atom. The molecule has 1 N–H and O–H groups in total. The van der Waals surface area contributed by atoms with Gasteiger partial charge in [-0.15, -0.1) is 0 Å². The van der Waals surface area contributed by atoms with Crippen LogP contribution in [0, 0.1) is 3.57 Å². The molecule has 0 atom stereocenters. The van der Waals surface area contributed by atoms with Crippen LogP contribution >= 0.6 is 34.4 Å². The molecule has 0 aliphatic rings. The fraction of sp³-hybridized carbons (Fsp3) is 0. The summed E-state index contributed by atoms with van der Waals surface area (Å²) in [4.78, 5) is 19.6. The van der Waals surface area contributed by atoms with E-state index >= 15 is 0 Å². The van der Waals surface area contributed by atoms with E-state index in [-0.39, 0.29) is 0 Å². The van der Waals surface area contributed by atoms with Crippen LogP contribution in [0.5, 0.6) is 0 Å². The summed E-state index contributed by atoms with van der Waals surface area (Å²) >= 11 is 3.80. The van der Waals surface area contributed by atoms with Crippen molar-refractivity contribution < 1.29 is 4.79 Å². The maximum Gasteiger partial charge on any atom is 0.152 e. The molecular weight excluding hydrogens is 371 g/mol. The molecule has 0 amide bonds. The minimum Gasteiger partial charge on any atom is -0.360 e. The highest BCUT2D eigenvalue weighted by Crippen LogP contribution is 2.33. The second kappa shape index (κ2) is 5.34. The Morgan fingerprint density at radius 2 is 2.16 bits per heavy atom. The number of aromatic amines is 1. The number of pyridine rings is 1. The van der Waals surface area contributed by atoms with Gasteiger partial charge in [0.1, 0.15) is 5.03 Å². The largest absolute Gasteiger partial charge is 0.360 e. The van der Waals surface area contributed by atoms with Crippen LogP contribution in [0.3, 0.4) is 0 Å². The Balaban J connectivity index is 2.07. The number of rotatable bonds is 3. The van der Waals surface area contributed by atoms with Crippen LogP contribution in [0.1, 0.15) is 10.4 Å². The number of H-pyrrole nitrogens is 1. The van der Waals surface area contributed by atoms with Gasteiger partial charge in [0.15, 0.2) is 6.29 Å². The molecule has 0 unspecified atom stereocenters. The van der Waals surface area contributed by atoms with Crippen LogP contribution in [-0.2, 0) is 0 Å². The van der Waals surface area contributed by atoms with Crippen molar-refractivity contribution in [1.82, 2.24) is 9.97 Å². The fourth-order valence-corrected chi connectivity index (χ4v) is 3.15. The predicted octanol–water partition coefficient (Wildman–Crippen LogP) is 4.13. The van der Waals surface area contributed by atoms with E-state index in [0.717, 1.165) is 30.7 Å². The van der Waals surface area contributed by atoms with Gasteiger partial charge in [0.25, 0.3) is 0 Å². The molecular formula is C14H9IN2OS. The summed E-state index contributed by atoms with van der Waals surface area (Å²) in [6.45, 7) is 0. The van der Waals surface area contributed by atoms with Crippen molar-refractivity contribution in [2.45, 2.75) is 9.92 Å². The zero-order valence-corrected chi connectivity index (χ0v) is 12.7. The third kappa shape index (κ3) is 2.52. The van der Waals surface area contributed by atoms with Crippen molar-refractivity contribution in [3.8, 4) is 0 Å². The number of halogens is 1. The normalized spacial score (nSPS) is 10.8. The van der Waals surface area contributed by atoms with Crippen LogP contribution in [0.2, 0.25) is 0 Å². The van der Waals surface area contributed by atoms with E-state index in [1.54, 1.807) is 18.0 Å². The molecule has 5 heteroatoms. The van der Waals surface area contributed by atoms with E-state index < -0.39 is 0 Å². The Kier molecular flexibility index (Phi) is 3.56. The summed E-state index contributed by atoms with van der Waals surface area (Å²) in [5.41, 5.74) is 1.65. The molecule has 94 valence electrons. The van der Waals surface area contributed by atoms with Crippen molar-refractivity contribution in [2.24, 2.45) is 0 Å². The molecule has 0 saturated carbocycles. The predicted molar refractivity (Wildman–Crippen MR) is 84.8 cm³/mol. The molecule has 1 aromatic carbocycles. The highest BCUT2D eigenvalue weighted by Gasteiger charge is 2.09. The Labute approximate surface area is 128 Å². The van der Waals surface area contributed by atoms with Crippen molar-refractivity contribution >= 4 is 51.5 Å². The zero-order valence-electron chi connectivity index (χ0n) is 9.76. The summed E-state index contributed by atoms with van der Waals surface area (Å²) < 4.78 is 1.11. The van der Waals surface area contributed by atoms with Crippen LogP contribution in [0.4, 0.5) is 0 Å². The highest BCUT2D eigenvalue weighted by molar-refractivity contribution is 14.1. The third-order valence-corrected chi connectivity index (χ3v) is 4.39. The number of nitrogens with one attached hydrogen (secondary N) is 1. The molecule has 19 heavy (non-hydrogen) atoms. The van der Waals surface area contributed by atoms with E-state index in [4.69, 9.17) is 0 Å². The van der Waals surface area contributed by atoms with Gasteiger partial charge < -0.3 is 4.98 Å². The molecule has 0 radical (unpaired) electrons. The van der Waals surface area contributed by atoms with Gasteiger partial charge in [0.05, 0.1) is 0 Å². The first kappa shape index (κ1) is 12.7. The van der Waals surface area contributed by atoms with E-state index in [9.17, 15) is 4.79 Å². The second-order valence-corrected chi connectivity index (χ2v) is 6.27. The van der Waals surface area contributed by atoms with Crippen molar-refractivity contribution in [2.75, 3.05) is 0 Å². The number of carbonyl (C=O) groups excluding carboxylic acids is 1. The summed E-state index contributed by atoms with van der Waals surface area (Å²) in [5.74, 6) is 0. The fourth-order valence-electron chi connectivity index (χ4n) is 1.89. The van der Waals surface area contributed by atoms with Gasteiger partial charge in [0, 0.05) is 37.3 Å². The van der Waals surface area contributed by atoms with E-state index in [2.05, 4.69) is 32.6 Å². The number of hydrogen-bond donors (Lipinski definition) is 1. The average molecular weight is 380 g/mol. The molecule has 2 aromatic heterocycles. The third-order valence-electron chi connectivity index (χ3n) is 2.74. The highest BCUT2D eigenvalue weighted by atomic mass is 127. The van der Waals surface area contributed by atoms with E-state index in [0.29, 0.717) is 5.56 Å². The molecule has 0 bridgehead atoms. The lowest BCUT2D eigenvalue weighted by Gasteiger charge is -2.03. The number of fused-ring (bicyclic) bond motifs is 1. The minimum absolute atomic E-state index is 0.684. The minimum atomic E-state index is 0.684. The molecule has 3 nitrogen and oxygen atoms in total. The molecule has 0 aliphatic heterocycles. The van der Waals surface area contributed by atoms with Gasteiger partial charge in [-0.1, -0.05) is 17.8 Å². The average Bonchev–Trinajstić information content (AvgIpc) is 2.85. The summed E-state index contributed by atoms with van der Waals surface area (Å²) in [7, 11) is 0. The van der Waals surface area contributed by atoms with Crippen LogP contribution in [0.25, 0.3) is 10.9 Å². The van der Waals surface area contributed by atoms with Crippen molar-refractivity contribution in [3.63, 3.8) is 0 Å². The van der Waals surface area contributed by atoms with Gasteiger partial charge in [-0.05, 0) is 46.9 Å².